The van der Waals surface area contributed by atoms with E-state index in [4.69, 9.17) is 15.9 Å². The average Bonchev–Trinajstić information content (AvgIpc) is 3.30. The van der Waals surface area contributed by atoms with Crippen LogP contribution in [0.4, 0.5) is 17.1 Å². The molecule has 2 aliphatic rings. The summed E-state index contributed by atoms with van der Waals surface area (Å²) < 4.78 is 0. The van der Waals surface area contributed by atoms with E-state index in [1.165, 1.54) is 65.3 Å². The van der Waals surface area contributed by atoms with Gasteiger partial charge < -0.3 is 25.7 Å². The second-order valence-corrected chi connectivity index (χ2v) is 8.90. The van der Waals surface area contributed by atoms with Gasteiger partial charge >= 0.3 is 5.97 Å². The fourth-order valence-electron chi connectivity index (χ4n) is 4.00. The van der Waals surface area contributed by atoms with E-state index >= 15 is 0 Å². The first kappa shape index (κ1) is 22.0. The van der Waals surface area contributed by atoms with E-state index in [0.29, 0.717) is 5.69 Å². The van der Waals surface area contributed by atoms with Crippen molar-refractivity contribution >= 4 is 34.8 Å². The number of nitrogen functional groups attached to an aromatic ring is 1. The van der Waals surface area contributed by atoms with Crippen molar-refractivity contribution < 1.29 is 15.0 Å². The Bertz CT molecular complexity index is 1050. The van der Waals surface area contributed by atoms with E-state index in [9.17, 15) is 4.79 Å². The lowest BCUT2D eigenvalue weighted by molar-refractivity contribution is 0.0694. The standard InChI is InChI=1S/C18H20N2S.C7H7NO3/c1-3-9-17-15(7-1)20(14-13-19-11-5-6-12-19)16-8-2-4-10-18(16)21-17;8-4-1-2-5(7(10)11)6(9)3-4/h1-4,7-10H,5-6,11-14H2;1-3,9H,8H2,(H,10,11). The minimum absolute atomic E-state index is 0.140. The molecule has 0 amide bonds. The van der Waals surface area contributed by atoms with Crippen molar-refractivity contribution in [2.24, 2.45) is 0 Å². The quantitative estimate of drug-likeness (QED) is 0.480. The number of nitrogens with two attached hydrogens (primary N) is 1. The number of para-hydroxylation sites is 2. The van der Waals surface area contributed by atoms with E-state index in [1.807, 2.05) is 11.8 Å². The minimum atomic E-state index is -1.16. The highest BCUT2D eigenvalue weighted by molar-refractivity contribution is 7.99. The topological polar surface area (TPSA) is 90.0 Å². The number of anilines is 3. The molecule has 1 saturated heterocycles. The third kappa shape index (κ3) is 5.00. The van der Waals surface area contributed by atoms with Gasteiger partial charge in [0.05, 0.1) is 11.4 Å². The molecule has 7 heteroatoms. The molecule has 2 heterocycles. The van der Waals surface area contributed by atoms with Crippen molar-refractivity contribution in [1.29, 1.82) is 0 Å². The molecule has 3 aromatic carbocycles. The molecular formula is C25H27N3O3S. The van der Waals surface area contributed by atoms with Gasteiger partial charge in [0, 0.05) is 34.6 Å². The van der Waals surface area contributed by atoms with Crippen molar-refractivity contribution in [3.8, 4) is 5.75 Å². The number of likely N-dealkylation sites (tertiary alicyclic amines) is 1. The third-order valence-electron chi connectivity index (χ3n) is 5.62. The van der Waals surface area contributed by atoms with Crippen LogP contribution in [0.25, 0.3) is 0 Å². The molecule has 5 rings (SSSR count). The fraction of sp³-hybridized carbons (Fsp3) is 0.240. The van der Waals surface area contributed by atoms with Gasteiger partial charge in [0.2, 0.25) is 0 Å². The molecule has 6 nitrogen and oxygen atoms in total. The molecule has 166 valence electrons. The van der Waals surface area contributed by atoms with Crippen molar-refractivity contribution in [1.82, 2.24) is 4.90 Å². The van der Waals surface area contributed by atoms with Crippen LogP contribution in [-0.2, 0) is 0 Å². The maximum absolute atomic E-state index is 10.3. The van der Waals surface area contributed by atoms with Gasteiger partial charge in [-0.1, -0.05) is 36.0 Å². The van der Waals surface area contributed by atoms with Crippen molar-refractivity contribution in [3.05, 3.63) is 72.3 Å². The Hall–Kier alpha value is -3.16. The number of hydrogen-bond donors (Lipinski definition) is 3. The Labute approximate surface area is 192 Å². The number of aromatic hydroxyl groups is 1. The zero-order valence-corrected chi connectivity index (χ0v) is 18.6. The molecule has 0 aromatic heterocycles. The first-order valence-electron chi connectivity index (χ1n) is 10.7. The number of carboxylic acid groups (broad SMARTS) is 1. The Morgan fingerprint density at radius 2 is 1.50 bits per heavy atom. The number of hydrogen-bond acceptors (Lipinski definition) is 6. The Morgan fingerprint density at radius 3 is 2.06 bits per heavy atom. The minimum Gasteiger partial charge on any atom is -0.507 e. The first-order chi connectivity index (χ1) is 15.5. The number of carboxylic acids is 1. The van der Waals surface area contributed by atoms with Gasteiger partial charge in [-0.05, 0) is 62.3 Å². The lowest BCUT2D eigenvalue weighted by atomic mass is 10.2. The number of benzene rings is 3. The maximum Gasteiger partial charge on any atom is 0.339 e. The summed E-state index contributed by atoms with van der Waals surface area (Å²) >= 11 is 1.89. The summed E-state index contributed by atoms with van der Waals surface area (Å²) in [6.07, 6.45) is 2.73. The fourth-order valence-corrected chi connectivity index (χ4v) is 5.09. The summed E-state index contributed by atoms with van der Waals surface area (Å²) in [5.41, 5.74) is 8.20. The average molecular weight is 450 g/mol. The molecule has 1 fully saturated rings. The van der Waals surface area contributed by atoms with Crippen LogP contribution in [0.3, 0.4) is 0 Å². The zero-order chi connectivity index (χ0) is 22.5. The Morgan fingerprint density at radius 1 is 0.906 bits per heavy atom. The van der Waals surface area contributed by atoms with Crippen LogP contribution in [0.2, 0.25) is 0 Å². The van der Waals surface area contributed by atoms with Gasteiger partial charge in [-0.2, -0.15) is 0 Å². The smallest absolute Gasteiger partial charge is 0.339 e. The van der Waals surface area contributed by atoms with Crippen molar-refractivity contribution in [2.75, 3.05) is 36.8 Å². The number of nitrogens with zero attached hydrogens (tertiary/aromatic N) is 2. The van der Waals surface area contributed by atoms with Gasteiger partial charge in [0.15, 0.2) is 0 Å². The SMILES string of the molecule is Nc1ccc(C(=O)O)c(O)c1.c1ccc2c(c1)Sc1ccccc1N2CCN1CCCC1. The molecule has 0 unspecified atom stereocenters. The van der Waals surface area contributed by atoms with E-state index in [1.54, 1.807) is 0 Å². The zero-order valence-electron chi connectivity index (χ0n) is 17.8. The summed E-state index contributed by atoms with van der Waals surface area (Å²) in [6, 6.07) is 21.4. The van der Waals surface area contributed by atoms with Crippen LogP contribution in [0, 0.1) is 0 Å². The highest BCUT2D eigenvalue weighted by Gasteiger charge is 2.23. The van der Waals surface area contributed by atoms with Crippen LogP contribution < -0.4 is 10.6 Å². The number of aromatic carboxylic acids is 1. The summed E-state index contributed by atoms with van der Waals surface area (Å²) in [4.78, 5) is 18.2. The van der Waals surface area contributed by atoms with Gasteiger partial charge in [0.25, 0.3) is 0 Å². The second-order valence-electron chi connectivity index (χ2n) is 7.82. The number of fused-ring (bicyclic) bond motifs is 2. The normalized spacial score (nSPS) is 14.8. The van der Waals surface area contributed by atoms with Gasteiger partial charge in [0.1, 0.15) is 11.3 Å². The molecular weight excluding hydrogens is 422 g/mol. The number of rotatable bonds is 4. The Kier molecular flexibility index (Phi) is 6.87. The predicted octanol–water partition coefficient (Wildman–Crippen LogP) is 5.06. The highest BCUT2D eigenvalue weighted by atomic mass is 32.2. The number of phenols is 1. The molecule has 0 atom stereocenters. The highest BCUT2D eigenvalue weighted by Crippen LogP contribution is 2.47. The summed E-state index contributed by atoms with van der Waals surface area (Å²) in [5, 5.41) is 17.5. The van der Waals surface area contributed by atoms with Crippen LogP contribution in [0.1, 0.15) is 23.2 Å². The monoisotopic (exact) mass is 449 g/mol. The van der Waals surface area contributed by atoms with Gasteiger partial charge in [-0.25, -0.2) is 4.79 Å². The Balaban J connectivity index is 0.000000189. The molecule has 0 saturated carbocycles. The molecule has 2 aliphatic heterocycles. The molecule has 0 radical (unpaired) electrons. The molecule has 0 spiro atoms. The summed E-state index contributed by atoms with van der Waals surface area (Å²) in [5.74, 6) is -1.47. The van der Waals surface area contributed by atoms with Crippen LogP contribution in [0.15, 0.2) is 76.5 Å². The van der Waals surface area contributed by atoms with E-state index in [0.717, 1.165) is 13.1 Å². The largest absolute Gasteiger partial charge is 0.507 e. The molecule has 0 bridgehead atoms. The van der Waals surface area contributed by atoms with Crippen molar-refractivity contribution in [2.45, 2.75) is 22.6 Å². The third-order valence-corrected chi connectivity index (χ3v) is 6.75. The maximum atomic E-state index is 10.3. The summed E-state index contributed by atoms with van der Waals surface area (Å²) in [7, 11) is 0. The number of carbonyl (C=O) groups is 1. The lowest BCUT2D eigenvalue weighted by Gasteiger charge is -2.33. The van der Waals surface area contributed by atoms with Crippen LogP contribution in [-0.4, -0.2) is 47.3 Å². The van der Waals surface area contributed by atoms with E-state index < -0.39 is 5.97 Å². The molecule has 3 aromatic rings. The van der Waals surface area contributed by atoms with Crippen LogP contribution >= 0.6 is 11.8 Å². The summed E-state index contributed by atoms with van der Waals surface area (Å²) in [6.45, 7) is 4.78. The lowest BCUT2D eigenvalue weighted by Crippen LogP contribution is -2.32. The molecule has 0 aliphatic carbocycles. The molecule has 32 heavy (non-hydrogen) atoms. The van der Waals surface area contributed by atoms with E-state index in [2.05, 4.69) is 58.3 Å². The molecule has 4 N–H and O–H groups in total. The predicted molar refractivity (Wildman–Crippen MR) is 129 cm³/mol. The van der Waals surface area contributed by atoms with Crippen LogP contribution in [0.5, 0.6) is 5.75 Å². The van der Waals surface area contributed by atoms with Crippen molar-refractivity contribution in [3.63, 3.8) is 0 Å². The first-order valence-corrected chi connectivity index (χ1v) is 11.5. The van der Waals surface area contributed by atoms with Gasteiger partial charge in [-0.3, -0.25) is 0 Å². The second kappa shape index (κ2) is 9.97. The van der Waals surface area contributed by atoms with E-state index in [-0.39, 0.29) is 11.3 Å². The van der Waals surface area contributed by atoms with Gasteiger partial charge in [-0.15, -0.1) is 0 Å².